The van der Waals surface area contributed by atoms with E-state index in [4.69, 9.17) is 4.74 Å². The molecule has 0 aromatic heterocycles. The van der Waals surface area contributed by atoms with Crippen LogP contribution in [0.1, 0.15) is 33.1 Å². The molecular formula is C12H27N3O3S. The molecule has 1 fully saturated rings. The molecule has 0 aliphatic carbocycles. The van der Waals surface area contributed by atoms with Gasteiger partial charge in [0.15, 0.2) is 0 Å². The quantitative estimate of drug-likeness (QED) is 0.632. The van der Waals surface area contributed by atoms with Crippen molar-refractivity contribution in [3.8, 4) is 0 Å². The number of hydrogen-bond acceptors (Lipinski definition) is 4. The minimum Gasteiger partial charge on any atom is -0.383 e. The Bertz CT molecular complexity index is 346. The molecular weight excluding hydrogens is 266 g/mol. The van der Waals surface area contributed by atoms with Gasteiger partial charge >= 0.3 is 0 Å². The van der Waals surface area contributed by atoms with Crippen molar-refractivity contribution in [1.29, 1.82) is 0 Å². The van der Waals surface area contributed by atoms with Gasteiger partial charge in [0.2, 0.25) is 0 Å². The first-order valence-electron chi connectivity index (χ1n) is 6.96. The number of piperidine rings is 1. The third kappa shape index (κ3) is 5.74. The fourth-order valence-electron chi connectivity index (χ4n) is 2.22. The summed E-state index contributed by atoms with van der Waals surface area (Å²) >= 11 is 0. The number of nitrogens with one attached hydrogen (secondary N) is 2. The Labute approximate surface area is 117 Å². The van der Waals surface area contributed by atoms with E-state index in [2.05, 4.69) is 23.9 Å². The largest absolute Gasteiger partial charge is 0.383 e. The first-order valence-corrected chi connectivity index (χ1v) is 8.40. The van der Waals surface area contributed by atoms with E-state index in [0.717, 1.165) is 19.3 Å². The van der Waals surface area contributed by atoms with Gasteiger partial charge < -0.3 is 10.1 Å². The summed E-state index contributed by atoms with van der Waals surface area (Å²) in [5, 5.41) is 3.33. The lowest BCUT2D eigenvalue weighted by atomic mass is 10.0. The fraction of sp³-hybridized carbons (Fsp3) is 1.00. The summed E-state index contributed by atoms with van der Waals surface area (Å²) in [6.07, 6.45) is 2.95. The van der Waals surface area contributed by atoms with E-state index in [9.17, 15) is 8.42 Å². The van der Waals surface area contributed by atoms with Crippen LogP contribution in [0, 0.1) is 0 Å². The van der Waals surface area contributed by atoms with Gasteiger partial charge in [-0.1, -0.05) is 20.3 Å². The van der Waals surface area contributed by atoms with E-state index >= 15 is 0 Å². The molecule has 1 aliphatic heterocycles. The molecule has 1 rings (SSSR count). The van der Waals surface area contributed by atoms with E-state index in [1.165, 1.54) is 0 Å². The van der Waals surface area contributed by atoms with Gasteiger partial charge in [0.05, 0.1) is 6.61 Å². The first-order chi connectivity index (χ1) is 8.97. The second-order valence-electron chi connectivity index (χ2n) is 5.22. The Morgan fingerprint density at radius 3 is 2.74 bits per heavy atom. The summed E-state index contributed by atoms with van der Waals surface area (Å²) < 4.78 is 33.6. The van der Waals surface area contributed by atoms with Crippen molar-refractivity contribution in [3.63, 3.8) is 0 Å². The van der Waals surface area contributed by atoms with Crippen molar-refractivity contribution < 1.29 is 13.2 Å². The van der Waals surface area contributed by atoms with E-state index in [-0.39, 0.29) is 6.04 Å². The molecule has 7 heteroatoms. The minimum atomic E-state index is -3.39. The standard InChI is InChI=1S/C12H27N3O3S/c1-11(2)13-10-12-6-4-5-8-15(12)19(16,17)14-7-9-18-3/h11-14H,4-10H2,1-3H3. The van der Waals surface area contributed by atoms with Crippen LogP contribution in [0.3, 0.4) is 0 Å². The molecule has 1 unspecified atom stereocenters. The van der Waals surface area contributed by atoms with E-state index in [0.29, 0.717) is 32.3 Å². The van der Waals surface area contributed by atoms with Crippen molar-refractivity contribution in [2.45, 2.75) is 45.2 Å². The lowest BCUT2D eigenvalue weighted by molar-refractivity contribution is 0.201. The molecule has 6 nitrogen and oxygen atoms in total. The number of ether oxygens (including phenoxy) is 1. The third-order valence-corrected chi connectivity index (χ3v) is 4.90. The number of rotatable bonds is 8. The molecule has 1 aliphatic rings. The highest BCUT2D eigenvalue weighted by Gasteiger charge is 2.31. The second-order valence-corrected chi connectivity index (χ2v) is 6.92. The Hall–Kier alpha value is -0.210. The zero-order valence-corrected chi connectivity index (χ0v) is 13.0. The molecule has 0 amide bonds. The summed E-state index contributed by atoms with van der Waals surface area (Å²) in [5.74, 6) is 0. The van der Waals surface area contributed by atoms with Crippen LogP contribution in [0.25, 0.3) is 0 Å². The monoisotopic (exact) mass is 293 g/mol. The van der Waals surface area contributed by atoms with E-state index in [1.807, 2.05) is 0 Å². The second kappa shape index (κ2) is 8.16. The summed E-state index contributed by atoms with van der Waals surface area (Å²) in [6.45, 7) is 6.16. The maximum absolute atomic E-state index is 12.2. The Kier molecular flexibility index (Phi) is 7.23. The lowest BCUT2D eigenvalue weighted by Crippen LogP contribution is -2.53. The molecule has 114 valence electrons. The van der Waals surface area contributed by atoms with Crippen molar-refractivity contribution in [1.82, 2.24) is 14.3 Å². The highest BCUT2D eigenvalue weighted by Crippen LogP contribution is 2.19. The van der Waals surface area contributed by atoms with Crippen LogP contribution < -0.4 is 10.0 Å². The van der Waals surface area contributed by atoms with Gasteiger partial charge in [-0.2, -0.15) is 17.4 Å². The van der Waals surface area contributed by atoms with Crippen molar-refractivity contribution >= 4 is 10.2 Å². The zero-order valence-electron chi connectivity index (χ0n) is 12.2. The number of methoxy groups -OCH3 is 1. The molecule has 0 saturated carbocycles. The summed E-state index contributed by atoms with van der Waals surface area (Å²) in [4.78, 5) is 0. The van der Waals surface area contributed by atoms with Crippen molar-refractivity contribution in [2.75, 3.05) is 33.4 Å². The molecule has 0 radical (unpaired) electrons. The van der Waals surface area contributed by atoms with Gasteiger partial charge in [0.25, 0.3) is 10.2 Å². The Balaban J connectivity index is 2.59. The smallest absolute Gasteiger partial charge is 0.279 e. The SMILES string of the molecule is COCCNS(=O)(=O)N1CCCCC1CNC(C)C. The zero-order chi connectivity index (χ0) is 14.3. The highest BCUT2D eigenvalue weighted by molar-refractivity contribution is 7.87. The lowest BCUT2D eigenvalue weighted by Gasteiger charge is -2.35. The molecule has 1 heterocycles. The number of nitrogens with zero attached hydrogens (tertiary/aromatic N) is 1. The molecule has 2 N–H and O–H groups in total. The molecule has 1 saturated heterocycles. The van der Waals surface area contributed by atoms with E-state index < -0.39 is 10.2 Å². The normalized spacial score (nSPS) is 22.0. The Morgan fingerprint density at radius 1 is 1.37 bits per heavy atom. The van der Waals surface area contributed by atoms with Gasteiger partial charge in [-0.25, -0.2) is 0 Å². The van der Waals surface area contributed by atoms with Gasteiger partial charge in [0.1, 0.15) is 0 Å². The Morgan fingerprint density at radius 2 is 2.11 bits per heavy atom. The van der Waals surface area contributed by atoms with Crippen LogP contribution in [0.2, 0.25) is 0 Å². The van der Waals surface area contributed by atoms with Crippen molar-refractivity contribution in [3.05, 3.63) is 0 Å². The van der Waals surface area contributed by atoms with Crippen LogP contribution >= 0.6 is 0 Å². The third-order valence-electron chi connectivity index (χ3n) is 3.23. The maximum Gasteiger partial charge on any atom is 0.279 e. The molecule has 0 aromatic rings. The predicted molar refractivity (Wildman–Crippen MR) is 76.3 cm³/mol. The van der Waals surface area contributed by atoms with Gasteiger partial charge in [-0.15, -0.1) is 0 Å². The summed E-state index contributed by atoms with van der Waals surface area (Å²) in [7, 11) is -1.83. The predicted octanol–water partition coefficient (Wildman–Crippen LogP) is 0.320. The average Bonchev–Trinajstić information content (AvgIpc) is 2.37. The fourth-order valence-corrected chi connectivity index (χ4v) is 3.67. The minimum absolute atomic E-state index is 0.0520. The first kappa shape index (κ1) is 16.8. The molecule has 0 aromatic carbocycles. The molecule has 0 bridgehead atoms. The van der Waals surface area contributed by atoms with Crippen LogP contribution in [-0.2, 0) is 14.9 Å². The van der Waals surface area contributed by atoms with Gasteiger partial charge in [-0.3, -0.25) is 0 Å². The summed E-state index contributed by atoms with van der Waals surface area (Å²) in [5.41, 5.74) is 0. The highest BCUT2D eigenvalue weighted by atomic mass is 32.2. The summed E-state index contributed by atoms with van der Waals surface area (Å²) in [6, 6.07) is 0.420. The molecule has 19 heavy (non-hydrogen) atoms. The van der Waals surface area contributed by atoms with Crippen LogP contribution in [0.4, 0.5) is 0 Å². The van der Waals surface area contributed by atoms with Crippen LogP contribution in [-0.4, -0.2) is 58.2 Å². The average molecular weight is 293 g/mol. The molecule has 0 spiro atoms. The molecule has 1 atom stereocenters. The van der Waals surface area contributed by atoms with Gasteiger partial charge in [0, 0.05) is 38.8 Å². The van der Waals surface area contributed by atoms with Crippen LogP contribution in [0.15, 0.2) is 0 Å². The topological polar surface area (TPSA) is 70.7 Å². The maximum atomic E-state index is 12.2. The van der Waals surface area contributed by atoms with Crippen LogP contribution in [0.5, 0.6) is 0 Å². The number of hydrogen-bond donors (Lipinski definition) is 2. The van der Waals surface area contributed by atoms with Gasteiger partial charge in [-0.05, 0) is 12.8 Å². The van der Waals surface area contributed by atoms with Crippen molar-refractivity contribution in [2.24, 2.45) is 0 Å². The van der Waals surface area contributed by atoms with E-state index in [1.54, 1.807) is 11.4 Å².